The SMILES string of the molecule is COc1ccc(Oc2ncccc2/C(=N/O)N(C)C2CCCCC2)cc1. The van der Waals surface area contributed by atoms with Gasteiger partial charge in [-0.05, 0) is 49.2 Å². The lowest BCUT2D eigenvalue weighted by atomic mass is 9.94. The Kier molecular flexibility index (Phi) is 5.94. The third-order valence-electron chi connectivity index (χ3n) is 4.84. The molecule has 1 aliphatic carbocycles. The largest absolute Gasteiger partial charge is 0.497 e. The maximum Gasteiger partial charge on any atom is 0.230 e. The molecule has 1 fully saturated rings. The van der Waals surface area contributed by atoms with Gasteiger partial charge in [0.1, 0.15) is 11.5 Å². The number of methoxy groups -OCH3 is 1. The minimum atomic E-state index is 0.365. The van der Waals surface area contributed by atoms with E-state index >= 15 is 0 Å². The number of oxime groups is 1. The number of rotatable bonds is 5. The Morgan fingerprint density at radius 1 is 1.12 bits per heavy atom. The van der Waals surface area contributed by atoms with Gasteiger partial charge in [0.05, 0.1) is 12.7 Å². The molecular formula is C20H25N3O3. The van der Waals surface area contributed by atoms with Crippen LogP contribution in [0.3, 0.4) is 0 Å². The fraction of sp³-hybridized carbons (Fsp3) is 0.400. The Labute approximate surface area is 154 Å². The van der Waals surface area contributed by atoms with E-state index in [0.29, 0.717) is 29.1 Å². The molecule has 138 valence electrons. The van der Waals surface area contributed by atoms with Gasteiger partial charge in [0.15, 0.2) is 5.84 Å². The number of hydrogen-bond acceptors (Lipinski definition) is 5. The standard InChI is InChI=1S/C20H25N3O3/c1-23(15-7-4-3-5-8-15)19(22-24)18-9-6-14-21-20(18)26-17-12-10-16(25-2)11-13-17/h6,9-15,24H,3-5,7-8H2,1-2H3/b22-19-. The molecule has 0 saturated heterocycles. The molecule has 1 saturated carbocycles. The molecule has 2 aromatic rings. The van der Waals surface area contributed by atoms with Crippen molar-refractivity contribution in [2.75, 3.05) is 14.2 Å². The van der Waals surface area contributed by atoms with Gasteiger partial charge in [0.2, 0.25) is 5.88 Å². The zero-order chi connectivity index (χ0) is 18.4. The van der Waals surface area contributed by atoms with Crippen molar-refractivity contribution in [1.82, 2.24) is 9.88 Å². The van der Waals surface area contributed by atoms with E-state index in [0.717, 1.165) is 18.6 Å². The first kappa shape index (κ1) is 18.0. The number of amidine groups is 1. The Morgan fingerprint density at radius 2 is 1.81 bits per heavy atom. The molecule has 6 nitrogen and oxygen atoms in total. The van der Waals surface area contributed by atoms with Crippen LogP contribution in [0.1, 0.15) is 37.7 Å². The Balaban J connectivity index is 1.84. The summed E-state index contributed by atoms with van der Waals surface area (Å²) >= 11 is 0. The smallest absolute Gasteiger partial charge is 0.230 e. The van der Waals surface area contributed by atoms with E-state index in [-0.39, 0.29) is 0 Å². The monoisotopic (exact) mass is 355 g/mol. The molecule has 1 aromatic heterocycles. The van der Waals surface area contributed by atoms with Crippen molar-refractivity contribution in [3.05, 3.63) is 48.2 Å². The maximum atomic E-state index is 9.69. The topological polar surface area (TPSA) is 67.2 Å². The molecule has 0 amide bonds. The lowest BCUT2D eigenvalue weighted by Crippen LogP contribution is -2.39. The molecule has 26 heavy (non-hydrogen) atoms. The second-order valence-electron chi connectivity index (χ2n) is 6.46. The first-order valence-corrected chi connectivity index (χ1v) is 8.95. The molecule has 0 atom stereocenters. The molecule has 0 aliphatic heterocycles. The predicted molar refractivity (Wildman–Crippen MR) is 100 cm³/mol. The molecule has 1 aromatic carbocycles. The Bertz CT molecular complexity index is 740. The van der Waals surface area contributed by atoms with Crippen molar-refractivity contribution in [1.29, 1.82) is 0 Å². The number of hydrogen-bond donors (Lipinski definition) is 1. The van der Waals surface area contributed by atoms with Gasteiger partial charge in [-0.15, -0.1) is 0 Å². The molecule has 0 bridgehead atoms. The average molecular weight is 355 g/mol. The second kappa shape index (κ2) is 8.56. The normalized spacial score (nSPS) is 15.5. The van der Waals surface area contributed by atoms with Crippen LogP contribution >= 0.6 is 0 Å². The highest BCUT2D eigenvalue weighted by Crippen LogP contribution is 2.28. The van der Waals surface area contributed by atoms with Crippen LogP contribution in [0, 0.1) is 0 Å². The summed E-state index contributed by atoms with van der Waals surface area (Å²) in [5.74, 6) is 2.29. The van der Waals surface area contributed by atoms with E-state index in [1.54, 1.807) is 13.3 Å². The molecule has 0 unspecified atom stereocenters. The summed E-state index contributed by atoms with van der Waals surface area (Å²) in [6.07, 6.45) is 7.55. The van der Waals surface area contributed by atoms with Gasteiger partial charge < -0.3 is 19.6 Å². The van der Waals surface area contributed by atoms with Gasteiger partial charge in [-0.1, -0.05) is 24.4 Å². The van der Waals surface area contributed by atoms with Crippen LogP contribution in [0.25, 0.3) is 0 Å². The van der Waals surface area contributed by atoms with Crippen LogP contribution < -0.4 is 9.47 Å². The highest BCUT2D eigenvalue weighted by atomic mass is 16.5. The third kappa shape index (κ3) is 4.07. The van der Waals surface area contributed by atoms with Gasteiger partial charge in [-0.25, -0.2) is 4.98 Å². The van der Waals surface area contributed by atoms with E-state index in [1.807, 2.05) is 48.3 Å². The summed E-state index contributed by atoms with van der Waals surface area (Å²) in [6, 6.07) is 11.3. The van der Waals surface area contributed by atoms with Crippen molar-refractivity contribution in [2.24, 2.45) is 5.16 Å². The van der Waals surface area contributed by atoms with Crippen LogP contribution in [0.4, 0.5) is 0 Å². The maximum absolute atomic E-state index is 9.69. The molecule has 0 radical (unpaired) electrons. The summed E-state index contributed by atoms with van der Waals surface area (Å²) in [4.78, 5) is 6.38. The molecule has 3 rings (SSSR count). The summed E-state index contributed by atoms with van der Waals surface area (Å²) in [5, 5.41) is 13.3. The average Bonchev–Trinajstić information content (AvgIpc) is 2.71. The van der Waals surface area contributed by atoms with E-state index in [1.165, 1.54) is 19.3 Å². The Morgan fingerprint density at radius 3 is 2.46 bits per heavy atom. The second-order valence-corrected chi connectivity index (χ2v) is 6.46. The van der Waals surface area contributed by atoms with Crippen LogP contribution in [0.5, 0.6) is 17.4 Å². The van der Waals surface area contributed by atoms with Crippen LogP contribution in [-0.4, -0.2) is 41.1 Å². The highest BCUT2D eigenvalue weighted by Gasteiger charge is 2.24. The number of nitrogens with zero attached hydrogens (tertiary/aromatic N) is 3. The van der Waals surface area contributed by atoms with Gasteiger partial charge in [0, 0.05) is 19.3 Å². The van der Waals surface area contributed by atoms with E-state index < -0.39 is 0 Å². The molecule has 1 N–H and O–H groups in total. The first-order chi connectivity index (χ1) is 12.7. The van der Waals surface area contributed by atoms with E-state index in [4.69, 9.17) is 9.47 Å². The van der Waals surface area contributed by atoms with Crippen LogP contribution in [0.15, 0.2) is 47.8 Å². The Hall–Kier alpha value is -2.76. The van der Waals surface area contributed by atoms with Gasteiger partial charge in [0.25, 0.3) is 0 Å². The minimum Gasteiger partial charge on any atom is -0.497 e. The quantitative estimate of drug-likeness (QED) is 0.375. The lowest BCUT2D eigenvalue weighted by molar-refractivity contribution is 0.256. The number of benzene rings is 1. The third-order valence-corrected chi connectivity index (χ3v) is 4.84. The number of ether oxygens (including phenoxy) is 2. The minimum absolute atomic E-state index is 0.365. The van der Waals surface area contributed by atoms with E-state index in [9.17, 15) is 5.21 Å². The van der Waals surface area contributed by atoms with Crippen LogP contribution in [-0.2, 0) is 0 Å². The first-order valence-electron chi connectivity index (χ1n) is 8.95. The molecular weight excluding hydrogens is 330 g/mol. The molecule has 1 aliphatic rings. The van der Waals surface area contributed by atoms with Crippen molar-refractivity contribution in [3.8, 4) is 17.4 Å². The summed E-state index contributed by atoms with van der Waals surface area (Å²) in [6.45, 7) is 0. The van der Waals surface area contributed by atoms with Gasteiger partial charge in [-0.3, -0.25) is 0 Å². The molecule has 0 spiro atoms. The van der Waals surface area contributed by atoms with Crippen LogP contribution in [0.2, 0.25) is 0 Å². The zero-order valence-electron chi connectivity index (χ0n) is 15.3. The van der Waals surface area contributed by atoms with Crippen molar-refractivity contribution in [3.63, 3.8) is 0 Å². The predicted octanol–water partition coefficient (Wildman–Crippen LogP) is 4.28. The van der Waals surface area contributed by atoms with Crippen molar-refractivity contribution >= 4 is 5.84 Å². The molecule has 1 heterocycles. The lowest BCUT2D eigenvalue weighted by Gasteiger charge is -2.33. The van der Waals surface area contributed by atoms with Crippen molar-refractivity contribution in [2.45, 2.75) is 38.1 Å². The number of pyridine rings is 1. The summed E-state index contributed by atoms with van der Waals surface area (Å²) < 4.78 is 11.1. The van der Waals surface area contributed by atoms with Gasteiger partial charge >= 0.3 is 0 Å². The highest BCUT2D eigenvalue weighted by molar-refractivity contribution is 6.00. The number of aromatic nitrogens is 1. The fourth-order valence-corrected chi connectivity index (χ4v) is 3.35. The fourth-order valence-electron chi connectivity index (χ4n) is 3.35. The van der Waals surface area contributed by atoms with Gasteiger partial charge in [-0.2, -0.15) is 0 Å². The van der Waals surface area contributed by atoms with Crippen molar-refractivity contribution < 1.29 is 14.7 Å². The van der Waals surface area contributed by atoms with E-state index in [2.05, 4.69) is 10.1 Å². The molecule has 6 heteroatoms. The zero-order valence-corrected chi connectivity index (χ0v) is 15.3. The summed E-state index contributed by atoms with van der Waals surface area (Å²) in [7, 11) is 3.59. The summed E-state index contributed by atoms with van der Waals surface area (Å²) in [5.41, 5.74) is 0.666.